The Balaban J connectivity index is 1.84. The average Bonchev–Trinajstić information content (AvgIpc) is 2.68. The van der Waals surface area contributed by atoms with E-state index in [1.807, 2.05) is 43.3 Å². The van der Waals surface area contributed by atoms with E-state index in [0.29, 0.717) is 10.7 Å². The SMILES string of the molecule is Cc1ccc2ccccc2c1/C=C1/C(=O)NC(=S)N(c2ccc(Cl)cc2)C1=O. The van der Waals surface area contributed by atoms with E-state index in [9.17, 15) is 9.59 Å². The molecule has 1 saturated heterocycles. The van der Waals surface area contributed by atoms with Gasteiger partial charge in [-0.15, -0.1) is 0 Å². The van der Waals surface area contributed by atoms with E-state index < -0.39 is 11.8 Å². The highest BCUT2D eigenvalue weighted by Crippen LogP contribution is 2.27. The highest BCUT2D eigenvalue weighted by molar-refractivity contribution is 7.80. The number of carbonyl (C=O) groups is 2. The number of nitrogens with zero attached hydrogens (tertiary/aromatic N) is 1. The number of hydrogen-bond donors (Lipinski definition) is 1. The average molecular weight is 407 g/mol. The standard InChI is InChI=1S/C22H15ClN2O2S/c1-13-6-7-14-4-2-3-5-17(14)18(13)12-19-20(26)24-22(28)25(21(19)27)16-10-8-15(23)9-11-16/h2-12H,1H3,(H,24,26,28)/b19-12-. The van der Waals surface area contributed by atoms with Crippen LogP contribution >= 0.6 is 23.8 Å². The van der Waals surface area contributed by atoms with Crippen LogP contribution in [-0.2, 0) is 9.59 Å². The van der Waals surface area contributed by atoms with Gasteiger partial charge < -0.3 is 0 Å². The molecule has 0 aliphatic carbocycles. The third kappa shape index (κ3) is 3.19. The number of carbonyl (C=O) groups excluding carboxylic acids is 2. The molecule has 1 fully saturated rings. The molecule has 0 bridgehead atoms. The van der Waals surface area contributed by atoms with Gasteiger partial charge in [0, 0.05) is 5.02 Å². The summed E-state index contributed by atoms with van der Waals surface area (Å²) in [6, 6.07) is 18.6. The molecule has 1 N–H and O–H groups in total. The number of fused-ring (bicyclic) bond motifs is 1. The zero-order chi connectivity index (χ0) is 19.8. The Kier molecular flexibility index (Phi) is 4.71. The van der Waals surface area contributed by atoms with Gasteiger partial charge in [-0.3, -0.25) is 19.8 Å². The Labute approximate surface area is 172 Å². The largest absolute Gasteiger partial charge is 0.298 e. The molecule has 4 nitrogen and oxygen atoms in total. The van der Waals surface area contributed by atoms with E-state index in [1.54, 1.807) is 30.3 Å². The van der Waals surface area contributed by atoms with Gasteiger partial charge in [0.2, 0.25) is 0 Å². The van der Waals surface area contributed by atoms with Gasteiger partial charge in [0.1, 0.15) is 5.57 Å². The third-order valence-corrected chi connectivity index (χ3v) is 5.20. The Morgan fingerprint density at radius 1 is 1.00 bits per heavy atom. The van der Waals surface area contributed by atoms with Crippen molar-refractivity contribution in [2.75, 3.05) is 4.90 Å². The van der Waals surface area contributed by atoms with Crippen LogP contribution in [0.3, 0.4) is 0 Å². The van der Waals surface area contributed by atoms with Crippen LogP contribution < -0.4 is 10.2 Å². The lowest BCUT2D eigenvalue weighted by Crippen LogP contribution is -2.54. The minimum Gasteiger partial charge on any atom is -0.298 e. The van der Waals surface area contributed by atoms with Crippen molar-refractivity contribution >= 4 is 63.3 Å². The number of anilines is 1. The maximum atomic E-state index is 13.2. The molecule has 4 rings (SSSR count). The minimum absolute atomic E-state index is 0.0306. The number of nitrogens with one attached hydrogen (secondary N) is 1. The predicted molar refractivity (Wildman–Crippen MR) is 116 cm³/mol. The zero-order valence-electron chi connectivity index (χ0n) is 14.9. The van der Waals surface area contributed by atoms with Gasteiger partial charge in [-0.25, -0.2) is 0 Å². The van der Waals surface area contributed by atoms with Crippen LogP contribution in [0.1, 0.15) is 11.1 Å². The number of thiocarbonyl (C=S) groups is 1. The van der Waals surface area contributed by atoms with Gasteiger partial charge in [0.15, 0.2) is 5.11 Å². The van der Waals surface area contributed by atoms with Crippen LogP contribution in [0.5, 0.6) is 0 Å². The van der Waals surface area contributed by atoms with Crippen molar-refractivity contribution in [1.82, 2.24) is 5.32 Å². The Hall–Kier alpha value is -3.02. The maximum Gasteiger partial charge on any atom is 0.270 e. The summed E-state index contributed by atoms with van der Waals surface area (Å²) >= 11 is 11.2. The fourth-order valence-corrected chi connectivity index (χ4v) is 3.63. The van der Waals surface area contributed by atoms with Gasteiger partial charge in [-0.1, -0.05) is 48.0 Å². The van der Waals surface area contributed by atoms with E-state index in [4.69, 9.17) is 23.8 Å². The maximum absolute atomic E-state index is 13.2. The molecule has 0 saturated carbocycles. The molecule has 6 heteroatoms. The Bertz CT molecular complexity index is 1170. The molecule has 0 radical (unpaired) electrons. The lowest BCUT2D eigenvalue weighted by molar-refractivity contribution is -0.122. The monoisotopic (exact) mass is 406 g/mol. The smallest absolute Gasteiger partial charge is 0.270 e. The van der Waals surface area contributed by atoms with Crippen molar-refractivity contribution in [3.8, 4) is 0 Å². The van der Waals surface area contributed by atoms with Crippen molar-refractivity contribution < 1.29 is 9.59 Å². The first-order chi connectivity index (χ1) is 13.5. The van der Waals surface area contributed by atoms with E-state index in [1.165, 1.54) is 4.90 Å². The second kappa shape index (κ2) is 7.19. The summed E-state index contributed by atoms with van der Waals surface area (Å²) in [5, 5.41) is 5.21. The molecule has 138 valence electrons. The summed E-state index contributed by atoms with van der Waals surface area (Å²) in [7, 11) is 0. The molecular weight excluding hydrogens is 392 g/mol. The van der Waals surface area contributed by atoms with E-state index in [0.717, 1.165) is 21.9 Å². The first-order valence-corrected chi connectivity index (χ1v) is 9.40. The van der Waals surface area contributed by atoms with Crippen molar-refractivity contribution in [2.24, 2.45) is 0 Å². The summed E-state index contributed by atoms with van der Waals surface area (Å²) in [5.41, 5.74) is 2.38. The fraction of sp³-hybridized carbons (Fsp3) is 0.0455. The molecule has 3 aromatic rings. The number of hydrogen-bond acceptors (Lipinski definition) is 3. The minimum atomic E-state index is -0.507. The van der Waals surface area contributed by atoms with Crippen LogP contribution in [-0.4, -0.2) is 16.9 Å². The number of aryl methyl sites for hydroxylation is 1. The topological polar surface area (TPSA) is 49.4 Å². The lowest BCUT2D eigenvalue weighted by atomic mass is 9.97. The number of amides is 2. The third-order valence-electron chi connectivity index (χ3n) is 4.66. The van der Waals surface area contributed by atoms with Crippen LogP contribution in [0.15, 0.2) is 66.2 Å². The Morgan fingerprint density at radius 2 is 1.71 bits per heavy atom. The normalized spacial score (nSPS) is 16.0. The lowest BCUT2D eigenvalue weighted by Gasteiger charge is -2.29. The second-order valence-electron chi connectivity index (χ2n) is 6.45. The highest BCUT2D eigenvalue weighted by Gasteiger charge is 2.34. The van der Waals surface area contributed by atoms with Gasteiger partial charge >= 0.3 is 0 Å². The van der Waals surface area contributed by atoms with Crippen molar-refractivity contribution in [3.63, 3.8) is 0 Å². The molecule has 3 aromatic carbocycles. The van der Waals surface area contributed by atoms with Gasteiger partial charge in [-0.05, 0) is 71.4 Å². The van der Waals surface area contributed by atoms with Crippen molar-refractivity contribution in [3.05, 3.63) is 82.4 Å². The molecular formula is C22H15ClN2O2S. The van der Waals surface area contributed by atoms with Crippen LogP contribution in [0.4, 0.5) is 5.69 Å². The Morgan fingerprint density at radius 3 is 2.46 bits per heavy atom. The van der Waals surface area contributed by atoms with Crippen molar-refractivity contribution in [2.45, 2.75) is 6.92 Å². The summed E-state index contributed by atoms with van der Waals surface area (Å²) < 4.78 is 0. The number of rotatable bonds is 2. The molecule has 0 unspecified atom stereocenters. The molecule has 0 atom stereocenters. The number of halogens is 1. The first-order valence-electron chi connectivity index (χ1n) is 8.61. The summed E-state index contributed by atoms with van der Waals surface area (Å²) in [6.45, 7) is 1.95. The molecule has 28 heavy (non-hydrogen) atoms. The molecule has 1 heterocycles. The fourth-order valence-electron chi connectivity index (χ4n) is 3.22. The van der Waals surface area contributed by atoms with E-state index in [-0.39, 0.29) is 10.7 Å². The number of benzene rings is 3. The predicted octanol–water partition coefficient (Wildman–Crippen LogP) is 4.63. The summed E-state index contributed by atoms with van der Waals surface area (Å²) in [4.78, 5) is 27.0. The first kappa shape index (κ1) is 18.3. The molecule has 0 aromatic heterocycles. The van der Waals surface area contributed by atoms with Crippen LogP contribution in [0, 0.1) is 6.92 Å². The molecule has 1 aliphatic heterocycles. The van der Waals surface area contributed by atoms with Gasteiger partial charge in [0.25, 0.3) is 11.8 Å². The van der Waals surface area contributed by atoms with Crippen LogP contribution in [0.25, 0.3) is 16.8 Å². The zero-order valence-corrected chi connectivity index (χ0v) is 16.5. The summed E-state index contributed by atoms with van der Waals surface area (Å²) in [6.07, 6.45) is 1.64. The summed E-state index contributed by atoms with van der Waals surface area (Å²) in [5.74, 6) is -0.976. The highest BCUT2D eigenvalue weighted by atomic mass is 35.5. The van der Waals surface area contributed by atoms with Crippen LogP contribution in [0.2, 0.25) is 5.02 Å². The quantitative estimate of drug-likeness (QED) is 0.383. The molecule has 1 aliphatic rings. The molecule has 0 spiro atoms. The van der Waals surface area contributed by atoms with Crippen molar-refractivity contribution in [1.29, 1.82) is 0 Å². The van der Waals surface area contributed by atoms with E-state index in [2.05, 4.69) is 5.32 Å². The van der Waals surface area contributed by atoms with Gasteiger partial charge in [-0.2, -0.15) is 0 Å². The van der Waals surface area contributed by atoms with Gasteiger partial charge in [0.05, 0.1) is 5.69 Å². The molecule has 2 amide bonds. The van der Waals surface area contributed by atoms with E-state index >= 15 is 0 Å². The second-order valence-corrected chi connectivity index (χ2v) is 7.27.